The summed E-state index contributed by atoms with van der Waals surface area (Å²) in [6.07, 6.45) is 3.51. The number of hydrogen-bond acceptors (Lipinski definition) is 6. The van der Waals surface area contributed by atoms with Crippen LogP contribution in [0.2, 0.25) is 0 Å². The summed E-state index contributed by atoms with van der Waals surface area (Å²) >= 11 is 0. The lowest BCUT2D eigenvalue weighted by atomic mass is 10.2. The Kier molecular flexibility index (Phi) is 3.42. The molecule has 1 aromatic carbocycles. The van der Waals surface area contributed by atoms with Crippen LogP contribution in [0.25, 0.3) is 11.4 Å². The summed E-state index contributed by atoms with van der Waals surface area (Å²) in [5.41, 5.74) is 1.64. The molecular formula is C16H14N6O2. The lowest BCUT2D eigenvalue weighted by Crippen LogP contribution is -2.02. The monoisotopic (exact) mass is 322 g/mol. The van der Waals surface area contributed by atoms with Crippen molar-refractivity contribution in [2.45, 2.75) is 18.8 Å². The zero-order chi connectivity index (χ0) is 16.5. The average molecular weight is 322 g/mol. The Morgan fingerprint density at radius 2 is 2.04 bits per heavy atom. The van der Waals surface area contributed by atoms with Crippen molar-refractivity contribution >= 4 is 17.3 Å². The van der Waals surface area contributed by atoms with Crippen molar-refractivity contribution in [1.82, 2.24) is 20.2 Å². The number of benzene rings is 1. The molecule has 2 N–H and O–H groups in total. The Hall–Kier alpha value is -3.29. The molecule has 0 radical (unpaired) electrons. The Morgan fingerprint density at radius 1 is 1.25 bits per heavy atom. The van der Waals surface area contributed by atoms with E-state index in [2.05, 4.69) is 25.5 Å². The summed E-state index contributed by atoms with van der Waals surface area (Å²) in [5, 5.41) is 21.3. The number of nitrogens with one attached hydrogen (secondary N) is 2. The highest BCUT2D eigenvalue weighted by Gasteiger charge is 2.26. The standard InChI is InChI=1S/C16H14N6O2/c23-22(24)13-9-17-15(11-4-2-1-3-5-11)19-16(13)18-14-8-12(20-21-14)10-6-7-10/h1-5,8-10H,6-7H2,(H2,17,18,19,20,21). The Labute approximate surface area is 137 Å². The molecule has 4 rings (SSSR count). The largest absolute Gasteiger partial charge is 0.329 e. The minimum atomic E-state index is -0.508. The number of H-pyrrole nitrogens is 1. The SMILES string of the molecule is O=[N+]([O-])c1cnc(-c2ccccc2)nc1Nc1cc(C2CC2)[nH]n1. The number of nitro groups is 1. The lowest BCUT2D eigenvalue weighted by molar-refractivity contribution is -0.384. The second-order valence-electron chi connectivity index (χ2n) is 5.66. The fourth-order valence-electron chi connectivity index (χ4n) is 2.45. The molecule has 0 atom stereocenters. The highest BCUT2D eigenvalue weighted by molar-refractivity contribution is 5.66. The summed E-state index contributed by atoms with van der Waals surface area (Å²) in [6, 6.07) is 11.2. The van der Waals surface area contributed by atoms with E-state index < -0.39 is 4.92 Å². The van der Waals surface area contributed by atoms with E-state index in [1.54, 1.807) is 0 Å². The van der Waals surface area contributed by atoms with Gasteiger partial charge in [0.05, 0.1) is 4.92 Å². The Morgan fingerprint density at radius 3 is 2.75 bits per heavy atom. The molecule has 120 valence electrons. The molecule has 8 heteroatoms. The van der Waals surface area contributed by atoms with Crippen LogP contribution >= 0.6 is 0 Å². The summed E-state index contributed by atoms with van der Waals surface area (Å²) < 4.78 is 0. The van der Waals surface area contributed by atoms with Gasteiger partial charge >= 0.3 is 5.69 Å². The maximum Gasteiger partial charge on any atom is 0.329 e. The van der Waals surface area contributed by atoms with Gasteiger partial charge in [0, 0.05) is 23.2 Å². The van der Waals surface area contributed by atoms with Crippen molar-refractivity contribution in [2.24, 2.45) is 0 Å². The van der Waals surface area contributed by atoms with Gasteiger partial charge in [0.2, 0.25) is 5.82 Å². The first-order valence-electron chi connectivity index (χ1n) is 7.60. The third kappa shape index (κ3) is 2.81. The van der Waals surface area contributed by atoms with E-state index in [0.29, 0.717) is 17.6 Å². The minimum absolute atomic E-state index is 0.127. The molecular weight excluding hydrogens is 308 g/mol. The Bertz CT molecular complexity index is 889. The highest BCUT2D eigenvalue weighted by atomic mass is 16.6. The lowest BCUT2D eigenvalue weighted by Gasteiger charge is -2.05. The molecule has 2 aromatic heterocycles. The van der Waals surface area contributed by atoms with Crippen molar-refractivity contribution in [3.63, 3.8) is 0 Å². The molecule has 1 aliphatic carbocycles. The molecule has 2 heterocycles. The average Bonchev–Trinajstić information content (AvgIpc) is 3.35. The number of hydrogen-bond donors (Lipinski definition) is 2. The van der Waals surface area contributed by atoms with Gasteiger partial charge in [-0.1, -0.05) is 30.3 Å². The van der Waals surface area contributed by atoms with Gasteiger partial charge in [0.15, 0.2) is 11.6 Å². The normalized spacial score (nSPS) is 13.7. The van der Waals surface area contributed by atoms with Gasteiger partial charge in [-0.05, 0) is 12.8 Å². The van der Waals surface area contributed by atoms with Crippen LogP contribution in [0, 0.1) is 10.1 Å². The smallest absolute Gasteiger partial charge is 0.318 e. The zero-order valence-electron chi connectivity index (χ0n) is 12.6. The van der Waals surface area contributed by atoms with E-state index in [1.807, 2.05) is 36.4 Å². The second-order valence-corrected chi connectivity index (χ2v) is 5.66. The number of rotatable bonds is 5. The zero-order valence-corrected chi connectivity index (χ0v) is 12.6. The number of aromatic amines is 1. The van der Waals surface area contributed by atoms with E-state index in [4.69, 9.17) is 0 Å². The van der Waals surface area contributed by atoms with Gasteiger partial charge < -0.3 is 5.32 Å². The van der Waals surface area contributed by atoms with E-state index >= 15 is 0 Å². The van der Waals surface area contributed by atoms with Gasteiger partial charge in [0.1, 0.15) is 6.20 Å². The molecule has 1 aliphatic rings. The first-order chi connectivity index (χ1) is 11.7. The van der Waals surface area contributed by atoms with Crippen LogP contribution in [0.1, 0.15) is 24.5 Å². The van der Waals surface area contributed by atoms with Crippen molar-refractivity contribution in [3.8, 4) is 11.4 Å². The summed E-state index contributed by atoms with van der Waals surface area (Å²) in [6.45, 7) is 0. The first kappa shape index (κ1) is 14.3. The number of nitrogens with zero attached hydrogens (tertiary/aromatic N) is 4. The third-order valence-electron chi connectivity index (χ3n) is 3.86. The minimum Gasteiger partial charge on any atom is -0.318 e. The molecule has 1 fully saturated rings. The van der Waals surface area contributed by atoms with Crippen molar-refractivity contribution in [3.05, 3.63) is 58.4 Å². The molecule has 0 amide bonds. The molecule has 24 heavy (non-hydrogen) atoms. The fraction of sp³-hybridized carbons (Fsp3) is 0.188. The molecule has 0 saturated heterocycles. The van der Waals surface area contributed by atoms with Gasteiger partial charge in [-0.2, -0.15) is 5.10 Å². The van der Waals surface area contributed by atoms with Gasteiger partial charge in [-0.3, -0.25) is 15.2 Å². The molecule has 0 spiro atoms. The van der Waals surface area contributed by atoms with E-state index in [9.17, 15) is 10.1 Å². The quantitative estimate of drug-likeness (QED) is 0.550. The Balaban J connectivity index is 1.69. The van der Waals surface area contributed by atoms with Crippen molar-refractivity contribution in [2.75, 3.05) is 5.32 Å². The van der Waals surface area contributed by atoms with Gasteiger partial charge in [-0.25, -0.2) is 9.97 Å². The summed E-state index contributed by atoms with van der Waals surface area (Å²) in [7, 11) is 0. The summed E-state index contributed by atoms with van der Waals surface area (Å²) in [4.78, 5) is 19.1. The molecule has 1 saturated carbocycles. The van der Waals surface area contributed by atoms with E-state index in [-0.39, 0.29) is 11.5 Å². The predicted molar refractivity (Wildman–Crippen MR) is 88.0 cm³/mol. The maximum absolute atomic E-state index is 11.2. The highest BCUT2D eigenvalue weighted by Crippen LogP contribution is 2.40. The van der Waals surface area contributed by atoms with Crippen LogP contribution in [-0.2, 0) is 0 Å². The second kappa shape index (κ2) is 5.73. The number of aromatic nitrogens is 4. The van der Waals surface area contributed by atoms with Crippen LogP contribution < -0.4 is 5.32 Å². The fourth-order valence-corrected chi connectivity index (χ4v) is 2.45. The molecule has 8 nitrogen and oxygen atoms in total. The van der Waals surface area contributed by atoms with Crippen molar-refractivity contribution < 1.29 is 4.92 Å². The van der Waals surface area contributed by atoms with E-state index in [1.165, 1.54) is 6.20 Å². The van der Waals surface area contributed by atoms with Crippen LogP contribution in [0.5, 0.6) is 0 Å². The van der Waals surface area contributed by atoms with Crippen molar-refractivity contribution in [1.29, 1.82) is 0 Å². The van der Waals surface area contributed by atoms with Crippen LogP contribution in [-0.4, -0.2) is 25.1 Å². The van der Waals surface area contributed by atoms with Crippen LogP contribution in [0.15, 0.2) is 42.6 Å². The predicted octanol–water partition coefficient (Wildman–Crippen LogP) is 3.40. The van der Waals surface area contributed by atoms with Gasteiger partial charge in [-0.15, -0.1) is 0 Å². The first-order valence-corrected chi connectivity index (χ1v) is 7.60. The van der Waals surface area contributed by atoms with Crippen LogP contribution in [0.4, 0.5) is 17.3 Å². The van der Waals surface area contributed by atoms with E-state index in [0.717, 1.165) is 24.1 Å². The van der Waals surface area contributed by atoms with Gasteiger partial charge in [0.25, 0.3) is 0 Å². The third-order valence-corrected chi connectivity index (χ3v) is 3.86. The van der Waals surface area contributed by atoms with Crippen LogP contribution in [0.3, 0.4) is 0 Å². The molecule has 0 aliphatic heterocycles. The molecule has 0 bridgehead atoms. The molecule has 0 unspecified atom stereocenters. The topological polar surface area (TPSA) is 110 Å². The molecule has 3 aromatic rings. The summed E-state index contributed by atoms with van der Waals surface area (Å²) in [5.74, 6) is 1.58. The maximum atomic E-state index is 11.2. The number of anilines is 2.